The molecule has 6 heavy (non-hydrogen) atoms. The lowest BCUT2D eigenvalue weighted by atomic mass is 10.5. The van der Waals surface area contributed by atoms with Crippen LogP contribution in [0.3, 0.4) is 0 Å². The molecule has 0 aromatic carbocycles. The molecule has 0 saturated carbocycles. The smallest absolute Gasteiger partial charge is 0.0857 e. The van der Waals surface area contributed by atoms with Gasteiger partial charge in [0.15, 0.2) is 0 Å². The maximum absolute atomic E-state index is 9.58. The molecule has 0 fully saturated rings. The lowest BCUT2D eigenvalue weighted by Gasteiger charge is -1.72. The van der Waals surface area contributed by atoms with Gasteiger partial charge in [0, 0.05) is 5.54 Å². The van der Waals surface area contributed by atoms with Gasteiger partial charge >= 0.3 is 0 Å². The van der Waals surface area contributed by atoms with Crippen LogP contribution in [0.1, 0.15) is 6.42 Å². The minimum absolute atomic E-state index is 0.0662. The average Bonchev–Trinajstić information content (AvgIpc) is 1.61. The predicted octanol–water partition coefficient (Wildman–Crippen LogP) is 1.56. The molecule has 0 N–H and O–H groups in total. The van der Waals surface area contributed by atoms with Crippen LogP contribution < -0.4 is 0 Å². The highest BCUT2D eigenvalue weighted by Gasteiger charge is 1.69. The highest BCUT2D eigenvalue weighted by molar-refractivity contribution is 6.25. The van der Waals surface area contributed by atoms with Gasteiger partial charge in [-0.15, -0.1) is 0 Å². The van der Waals surface area contributed by atoms with Crippen molar-refractivity contribution >= 4 is 11.6 Å². The third-order valence-electron chi connectivity index (χ3n) is 0.374. The van der Waals surface area contributed by atoms with E-state index in [1.54, 1.807) is 6.08 Å². The molecule has 35 valence electrons. The Morgan fingerprint density at radius 3 is 2.50 bits per heavy atom. The van der Waals surface area contributed by atoms with Crippen LogP contribution in [0.2, 0.25) is 0 Å². The summed E-state index contributed by atoms with van der Waals surface area (Å²) in [4.78, 5) is 0. The van der Waals surface area contributed by atoms with Crippen LogP contribution in [0.4, 0.5) is 0 Å². The normalized spacial score (nSPS) is 10.3. The molecule has 0 aromatic heterocycles. The van der Waals surface area contributed by atoms with Crippen LogP contribution in [0, 0.1) is 0 Å². The van der Waals surface area contributed by atoms with Gasteiger partial charge in [0.05, 0.1) is 6.61 Å². The highest BCUT2D eigenvalue weighted by Crippen LogP contribution is 1.81. The summed E-state index contributed by atoms with van der Waals surface area (Å²) in [5, 5.41) is 9.58. The molecule has 0 saturated heterocycles. The Bertz CT molecular complexity index is 42.8. The minimum atomic E-state index is -0.0662. The van der Waals surface area contributed by atoms with Crippen molar-refractivity contribution in [2.45, 2.75) is 6.42 Å². The highest BCUT2D eigenvalue weighted by atomic mass is 35.5. The van der Waals surface area contributed by atoms with Crippen LogP contribution in [0.25, 0.3) is 0 Å². The summed E-state index contributed by atoms with van der Waals surface area (Å²) < 4.78 is 0. The summed E-state index contributed by atoms with van der Waals surface area (Å²) in [5.41, 5.74) is 1.36. The first-order valence-corrected chi connectivity index (χ1v) is 2.18. The average molecular weight is 106 g/mol. The Labute approximate surface area is 42.2 Å². The number of hydrogen-bond donors (Lipinski definition) is 0. The van der Waals surface area contributed by atoms with Crippen LogP contribution in [0.5, 0.6) is 0 Å². The maximum Gasteiger partial charge on any atom is 0.0857 e. The zero-order valence-electron chi connectivity index (χ0n) is 3.36. The zero-order chi connectivity index (χ0) is 4.83. The fourth-order valence-corrected chi connectivity index (χ4v) is 0.257. The molecule has 0 atom stereocenters. The molecule has 0 rings (SSSR count). The van der Waals surface area contributed by atoms with Gasteiger partial charge in [0.2, 0.25) is 0 Å². The molecular formula is C4H6ClO. The molecule has 0 aromatic rings. The van der Waals surface area contributed by atoms with Gasteiger partial charge in [-0.3, -0.25) is 0 Å². The molecule has 1 nitrogen and oxygen atoms in total. The van der Waals surface area contributed by atoms with Gasteiger partial charge in [0.25, 0.3) is 0 Å². The fourth-order valence-electron chi connectivity index (χ4n) is 0.131. The van der Waals surface area contributed by atoms with Gasteiger partial charge in [-0.25, -0.2) is 5.11 Å². The molecule has 0 spiro atoms. The van der Waals surface area contributed by atoms with Gasteiger partial charge in [-0.05, 0) is 6.42 Å². The van der Waals surface area contributed by atoms with Crippen LogP contribution in [-0.4, -0.2) is 6.61 Å². The summed E-state index contributed by atoms with van der Waals surface area (Å²) in [6.45, 7) is -0.0662. The first kappa shape index (κ1) is 5.99. The van der Waals surface area contributed by atoms with E-state index in [1.165, 1.54) is 5.54 Å². The minimum Gasteiger partial charge on any atom is -0.236 e. The molecule has 0 bridgehead atoms. The summed E-state index contributed by atoms with van der Waals surface area (Å²) in [6.07, 6.45) is 2.18. The van der Waals surface area contributed by atoms with Crippen molar-refractivity contribution in [1.29, 1.82) is 0 Å². The van der Waals surface area contributed by atoms with Crippen molar-refractivity contribution in [3.05, 3.63) is 11.6 Å². The second kappa shape index (κ2) is 4.99. The lowest BCUT2D eigenvalue weighted by molar-refractivity contribution is 0.199. The third kappa shape index (κ3) is 3.99. The number of halogens is 1. The Morgan fingerprint density at radius 2 is 2.33 bits per heavy atom. The first-order chi connectivity index (χ1) is 2.91. The van der Waals surface area contributed by atoms with E-state index in [-0.39, 0.29) is 6.61 Å². The van der Waals surface area contributed by atoms with E-state index in [4.69, 9.17) is 11.6 Å². The van der Waals surface area contributed by atoms with Gasteiger partial charge < -0.3 is 0 Å². The Kier molecular flexibility index (Phi) is 4.98. The molecule has 0 heterocycles. The summed E-state index contributed by atoms with van der Waals surface area (Å²) in [6, 6.07) is 0. The quantitative estimate of drug-likeness (QED) is 0.508. The molecule has 1 radical (unpaired) electrons. The van der Waals surface area contributed by atoms with E-state index in [0.29, 0.717) is 6.42 Å². The molecular weight excluding hydrogens is 99.5 g/mol. The molecule has 0 aliphatic heterocycles. The number of hydrogen-bond acceptors (Lipinski definition) is 0. The van der Waals surface area contributed by atoms with Crippen molar-refractivity contribution in [1.82, 2.24) is 0 Å². The third-order valence-corrected chi connectivity index (χ3v) is 0.552. The topological polar surface area (TPSA) is 19.9 Å². The Balaban J connectivity index is 2.66. The summed E-state index contributed by atoms with van der Waals surface area (Å²) in [7, 11) is 0. The van der Waals surface area contributed by atoms with Crippen LogP contribution in [-0.2, 0) is 5.11 Å². The largest absolute Gasteiger partial charge is 0.236 e. The fraction of sp³-hybridized carbons (Fsp3) is 0.500. The summed E-state index contributed by atoms with van der Waals surface area (Å²) in [5.74, 6) is 0. The van der Waals surface area contributed by atoms with Gasteiger partial charge in [-0.1, -0.05) is 17.7 Å². The van der Waals surface area contributed by atoms with E-state index < -0.39 is 0 Å². The van der Waals surface area contributed by atoms with Crippen molar-refractivity contribution in [2.24, 2.45) is 0 Å². The SMILES string of the molecule is [O]CC/C=C/Cl. The van der Waals surface area contributed by atoms with Crippen molar-refractivity contribution in [3.8, 4) is 0 Å². The van der Waals surface area contributed by atoms with E-state index in [0.717, 1.165) is 0 Å². The monoisotopic (exact) mass is 105 g/mol. The second-order valence-electron chi connectivity index (χ2n) is 0.854. The van der Waals surface area contributed by atoms with Crippen LogP contribution >= 0.6 is 11.6 Å². The Morgan fingerprint density at radius 1 is 1.67 bits per heavy atom. The number of rotatable bonds is 2. The summed E-state index contributed by atoms with van der Waals surface area (Å²) >= 11 is 5.06. The Hall–Kier alpha value is -0.0100. The molecule has 2 heteroatoms. The molecule has 0 amide bonds. The van der Waals surface area contributed by atoms with Gasteiger partial charge in [0.1, 0.15) is 0 Å². The first-order valence-electron chi connectivity index (χ1n) is 1.75. The zero-order valence-corrected chi connectivity index (χ0v) is 4.11. The lowest BCUT2D eigenvalue weighted by Crippen LogP contribution is -1.69. The van der Waals surface area contributed by atoms with E-state index in [9.17, 15) is 5.11 Å². The second-order valence-corrected chi connectivity index (χ2v) is 1.11. The molecule has 0 aliphatic carbocycles. The van der Waals surface area contributed by atoms with E-state index in [2.05, 4.69) is 0 Å². The van der Waals surface area contributed by atoms with Crippen LogP contribution in [0.15, 0.2) is 11.6 Å². The van der Waals surface area contributed by atoms with Crippen molar-refractivity contribution in [3.63, 3.8) is 0 Å². The van der Waals surface area contributed by atoms with Crippen molar-refractivity contribution < 1.29 is 5.11 Å². The van der Waals surface area contributed by atoms with Crippen molar-refractivity contribution in [2.75, 3.05) is 6.61 Å². The molecule has 0 unspecified atom stereocenters. The predicted molar refractivity (Wildman–Crippen MR) is 25.2 cm³/mol. The standard InChI is InChI=1S/C4H6ClO/c5-3-1-2-4-6/h1,3H,2,4H2/b3-1+. The van der Waals surface area contributed by atoms with Gasteiger partial charge in [-0.2, -0.15) is 0 Å². The molecule has 0 aliphatic rings. The van der Waals surface area contributed by atoms with E-state index >= 15 is 0 Å². The van der Waals surface area contributed by atoms with E-state index in [1.807, 2.05) is 0 Å². The maximum atomic E-state index is 9.58.